The molecule has 26 heavy (non-hydrogen) atoms. The van der Waals surface area contributed by atoms with Gasteiger partial charge < -0.3 is 10.2 Å². The standard InChI is InChI=1S/C19H23N3O3S/c1-21-10-12-22(13-11-21)26(24,25)18-9-5-8-17(14-18)19(23)20-15-16-6-3-2-4-7-16/h2-9,14H,10-13,15H2,1H3,(H,20,23)/p+1. The fraction of sp³-hybridized carbons (Fsp3) is 0.316. The van der Waals surface area contributed by atoms with Crippen molar-refractivity contribution in [2.24, 2.45) is 0 Å². The van der Waals surface area contributed by atoms with Crippen molar-refractivity contribution >= 4 is 15.9 Å². The van der Waals surface area contributed by atoms with Crippen LogP contribution in [0.4, 0.5) is 0 Å². The van der Waals surface area contributed by atoms with Crippen LogP contribution < -0.4 is 10.2 Å². The Morgan fingerprint density at radius 2 is 1.77 bits per heavy atom. The first-order chi connectivity index (χ1) is 12.5. The summed E-state index contributed by atoms with van der Waals surface area (Å²) in [6.07, 6.45) is 0. The van der Waals surface area contributed by atoms with Crippen LogP contribution in [-0.2, 0) is 16.6 Å². The van der Waals surface area contributed by atoms with Crippen molar-refractivity contribution in [1.29, 1.82) is 0 Å². The average molecular weight is 374 g/mol. The van der Waals surface area contributed by atoms with E-state index in [0.29, 0.717) is 25.2 Å². The minimum absolute atomic E-state index is 0.171. The molecule has 2 N–H and O–H groups in total. The van der Waals surface area contributed by atoms with Crippen LogP contribution in [0.25, 0.3) is 0 Å². The van der Waals surface area contributed by atoms with E-state index in [1.54, 1.807) is 18.2 Å². The highest BCUT2D eigenvalue weighted by atomic mass is 32.2. The fourth-order valence-corrected chi connectivity index (χ4v) is 4.42. The zero-order chi connectivity index (χ0) is 18.6. The minimum Gasteiger partial charge on any atom is -0.348 e. The normalized spacial score (nSPS) is 16.3. The number of carbonyl (C=O) groups excluding carboxylic acids is 1. The van der Waals surface area contributed by atoms with Crippen LogP contribution in [0.5, 0.6) is 0 Å². The van der Waals surface area contributed by atoms with Gasteiger partial charge in [0, 0.05) is 12.1 Å². The Bertz CT molecular complexity index is 861. The van der Waals surface area contributed by atoms with Crippen LogP contribution in [0.3, 0.4) is 0 Å². The third-order valence-electron chi connectivity index (χ3n) is 4.61. The van der Waals surface area contributed by atoms with Crippen LogP contribution in [0, 0.1) is 0 Å². The van der Waals surface area contributed by atoms with E-state index < -0.39 is 10.0 Å². The van der Waals surface area contributed by atoms with E-state index >= 15 is 0 Å². The van der Waals surface area contributed by atoms with Gasteiger partial charge in [-0.3, -0.25) is 4.79 Å². The summed E-state index contributed by atoms with van der Waals surface area (Å²) in [4.78, 5) is 13.9. The number of hydrogen-bond acceptors (Lipinski definition) is 3. The number of benzene rings is 2. The number of nitrogens with zero attached hydrogens (tertiary/aromatic N) is 1. The zero-order valence-corrected chi connectivity index (χ0v) is 15.6. The van der Waals surface area contributed by atoms with Gasteiger partial charge in [0.05, 0.1) is 38.1 Å². The second-order valence-corrected chi connectivity index (χ2v) is 8.50. The van der Waals surface area contributed by atoms with E-state index in [9.17, 15) is 13.2 Å². The molecule has 0 aliphatic carbocycles. The Hall–Kier alpha value is -2.22. The monoisotopic (exact) mass is 374 g/mol. The van der Waals surface area contributed by atoms with Crippen molar-refractivity contribution in [3.63, 3.8) is 0 Å². The molecule has 1 aliphatic rings. The van der Waals surface area contributed by atoms with Gasteiger partial charge in [0.1, 0.15) is 0 Å². The third-order valence-corrected chi connectivity index (χ3v) is 6.50. The predicted molar refractivity (Wildman–Crippen MR) is 99.4 cm³/mol. The molecule has 0 aromatic heterocycles. The average Bonchev–Trinajstić information content (AvgIpc) is 2.67. The number of quaternary nitrogens is 1. The van der Waals surface area contributed by atoms with E-state index in [4.69, 9.17) is 0 Å². The highest BCUT2D eigenvalue weighted by Crippen LogP contribution is 2.17. The Balaban J connectivity index is 1.72. The van der Waals surface area contributed by atoms with Gasteiger partial charge in [-0.1, -0.05) is 36.4 Å². The van der Waals surface area contributed by atoms with Crippen LogP contribution in [0.2, 0.25) is 0 Å². The Labute approximate surface area is 154 Å². The molecular weight excluding hydrogens is 350 g/mol. The van der Waals surface area contributed by atoms with Gasteiger partial charge in [-0.2, -0.15) is 4.31 Å². The van der Waals surface area contributed by atoms with Gasteiger partial charge in [0.15, 0.2) is 0 Å². The van der Waals surface area contributed by atoms with Gasteiger partial charge in [0.2, 0.25) is 10.0 Å². The molecule has 0 radical (unpaired) electrons. The summed E-state index contributed by atoms with van der Waals surface area (Å²) >= 11 is 0. The molecule has 0 spiro atoms. The first kappa shape index (κ1) is 18.6. The lowest BCUT2D eigenvalue weighted by molar-refractivity contribution is -0.883. The summed E-state index contributed by atoms with van der Waals surface area (Å²) in [5, 5.41) is 2.83. The van der Waals surface area contributed by atoms with Crippen molar-refractivity contribution in [3.8, 4) is 0 Å². The number of piperazine rings is 1. The third kappa shape index (κ3) is 4.30. The summed E-state index contributed by atoms with van der Waals surface area (Å²) in [6, 6.07) is 15.8. The van der Waals surface area contributed by atoms with Crippen molar-refractivity contribution in [2.75, 3.05) is 33.2 Å². The zero-order valence-electron chi connectivity index (χ0n) is 14.8. The first-order valence-electron chi connectivity index (χ1n) is 8.70. The van der Waals surface area contributed by atoms with Crippen molar-refractivity contribution < 1.29 is 18.1 Å². The van der Waals surface area contributed by atoms with E-state index in [-0.39, 0.29) is 10.8 Å². The SMILES string of the molecule is C[NH+]1CCN(S(=O)(=O)c2cccc(C(=O)NCc3ccccc3)c2)CC1. The highest BCUT2D eigenvalue weighted by Gasteiger charge is 2.29. The maximum absolute atomic E-state index is 12.8. The van der Waals surface area contributed by atoms with Gasteiger partial charge in [0.25, 0.3) is 5.91 Å². The number of sulfonamides is 1. The number of nitrogens with one attached hydrogen (secondary N) is 2. The van der Waals surface area contributed by atoms with Crippen LogP contribution >= 0.6 is 0 Å². The molecule has 1 fully saturated rings. The molecular formula is C19H24N3O3S+. The number of carbonyl (C=O) groups is 1. The lowest BCUT2D eigenvalue weighted by Crippen LogP contribution is -3.12. The Kier molecular flexibility index (Phi) is 5.70. The van der Waals surface area contributed by atoms with Crippen molar-refractivity contribution in [2.45, 2.75) is 11.4 Å². The van der Waals surface area contributed by atoms with E-state index in [1.165, 1.54) is 15.3 Å². The van der Waals surface area contributed by atoms with E-state index in [2.05, 4.69) is 12.4 Å². The van der Waals surface area contributed by atoms with Crippen LogP contribution in [0.15, 0.2) is 59.5 Å². The maximum Gasteiger partial charge on any atom is 0.251 e. The topological polar surface area (TPSA) is 70.9 Å². The Morgan fingerprint density at radius 3 is 2.46 bits per heavy atom. The maximum atomic E-state index is 12.8. The van der Waals surface area contributed by atoms with Gasteiger partial charge >= 0.3 is 0 Å². The van der Waals surface area contributed by atoms with Crippen LogP contribution in [0.1, 0.15) is 15.9 Å². The molecule has 0 saturated carbocycles. The molecule has 7 heteroatoms. The smallest absolute Gasteiger partial charge is 0.251 e. The molecule has 3 rings (SSSR count). The number of amides is 1. The summed E-state index contributed by atoms with van der Waals surface area (Å²) in [6.45, 7) is 2.97. The van der Waals surface area contributed by atoms with E-state index in [1.807, 2.05) is 30.3 Å². The molecule has 1 saturated heterocycles. The van der Waals surface area contributed by atoms with Crippen LogP contribution in [-0.4, -0.2) is 51.9 Å². The van der Waals surface area contributed by atoms with Crippen molar-refractivity contribution in [1.82, 2.24) is 9.62 Å². The highest BCUT2D eigenvalue weighted by molar-refractivity contribution is 7.89. The van der Waals surface area contributed by atoms with E-state index in [0.717, 1.165) is 18.7 Å². The molecule has 2 aromatic rings. The van der Waals surface area contributed by atoms with Gasteiger partial charge in [-0.15, -0.1) is 0 Å². The molecule has 0 bridgehead atoms. The molecule has 0 atom stereocenters. The van der Waals surface area contributed by atoms with Gasteiger partial charge in [-0.25, -0.2) is 8.42 Å². The molecule has 2 aromatic carbocycles. The quantitative estimate of drug-likeness (QED) is 0.782. The number of rotatable bonds is 5. The number of hydrogen-bond donors (Lipinski definition) is 2. The molecule has 1 amide bonds. The van der Waals surface area contributed by atoms with Crippen molar-refractivity contribution in [3.05, 3.63) is 65.7 Å². The molecule has 138 valence electrons. The first-order valence-corrected chi connectivity index (χ1v) is 10.1. The molecule has 6 nitrogen and oxygen atoms in total. The molecule has 0 unspecified atom stereocenters. The summed E-state index contributed by atoms with van der Waals surface area (Å²) in [5.74, 6) is -0.284. The molecule has 1 aliphatic heterocycles. The van der Waals surface area contributed by atoms with Gasteiger partial charge in [-0.05, 0) is 23.8 Å². The summed E-state index contributed by atoms with van der Waals surface area (Å²) in [5.41, 5.74) is 1.34. The lowest BCUT2D eigenvalue weighted by Gasteiger charge is -2.29. The second kappa shape index (κ2) is 7.99. The summed E-state index contributed by atoms with van der Waals surface area (Å²) in [7, 11) is -1.51. The number of likely N-dealkylation sites (N-methyl/N-ethyl adjacent to an activating group) is 1. The second-order valence-electron chi connectivity index (χ2n) is 6.56. The predicted octanol–water partition coefficient (Wildman–Crippen LogP) is 0.136. The largest absolute Gasteiger partial charge is 0.348 e. The molecule has 1 heterocycles. The minimum atomic E-state index is -3.57. The lowest BCUT2D eigenvalue weighted by atomic mass is 10.2. The fourth-order valence-electron chi connectivity index (χ4n) is 2.94. The Morgan fingerprint density at radius 1 is 1.08 bits per heavy atom. The summed E-state index contributed by atoms with van der Waals surface area (Å²) < 4.78 is 27.2.